The topological polar surface area (TPSA) is 127 Å². The van der Waals surface area contributed by atoms with E-state index in [-0.39, 0.29) is 17.4 Å². The molecule has 0 aliphatic rings. The highest BCUT2D eigenvalue weighted by Crippen LogP contribution is 2.28. The molecule has 0 aliphatic heterocycles. The molecule has 0 radical (unpaired) electrons. The third-order valence-corrected chi connectivity index (χ3v) is 8.42. The minimum absolute atomic E-state index is 0.0369. The number of sulfone groups is 1. The van der Waals surface area contributed by atoms with Gasteiger partial charge in [0.1, 0.15) is 29.0 Å². The number of rotatable bonds is 10. The van der Waals surface area contributed by atoms with Gasteiger partial charge in [-0.05, 0) is 29.8 Å². The third-order valence-electron chi connectivity index (χ3n) is 5.71. The molecule has 0 unspecified atom stereocenters. The van der Waals surface area contributed by atoms with Crippen molar-refractivity contribution >= 4 is 52.4 Å². The van der Waals surface area contributed by atoms with Crippen molar-refractivity contribution in [2.24, 2.45) is 5.41 Å². The van der Waals surface area contributed by atoms with E-state index >= 15 is 0 Å². The van der Waals surface area contributed by atoms with E-state index in [0.717, 1.165) is 12.3 Å². The number of nitrogens with zero attached hydrogens (tertiary/aromatic N) is 4. The number of nitriles is 1. The zero-order valence-electron chi connectivity index (χ0n) is 23.0. The maximum atomic E-state index is 13.2. The van der Waals surface area contributed by atoms with Gasteiger partial charge in [-0.1, -0.05) is 52.5 Å². The second-order valence-electron chi connectivity index (χ2n) is 11.5. The number of ketones is 1. The molecule has 0 spiro atoms. The first-order valence-electron chi connectivity index (χ1n) is 12.3. The van der Waals surface area contributed by atoms with Gasteiger partial charge in [-0.15, -0.1) is 0 Å². The van der Waals surface area contributed by atoms with Crippen molar-refractivity contribution < 1.29 is 17.9 Å². The summed E-state index contributed by atoms with van der Waals surface area (Å²) < 4.78 is 31.1. The van der Waals surface area contributed by atoms with Crippen LogP contribution in [-0.2, 0) is 21.3 Å². The van der Waals surface area contributed by atoms with Gasteiger partial charge in [0.15, 0.2) is 21.3 Å². The zero-order valence-corrected chi connectivity index (χ0v) is 24.8. The van der Waals surface area contributed by atoms with Gasteiger partial charge in [-0.2, -0.15) is 5.26 Å². The van der Waals surface area contributed by atoms with Crippen LogP contribution in [0.5, 0.6) is 0 Å². The molecule has 11 heteroatoms. The summed E-state index contributed by atoms with van der Waals surface area (Å²) in [6, 6.07) is 9.63. The van der Waals surface area contributed by atoms with Crippen molar-refractivity contribution in [3.63, 3.8) is 0 Å². The van der Waals surface area contributed by atoms with Crippen LogP contribution in [0.25, 0.3) is 17.2 Å². The largest absolute Gasteiger partial charge is 0.361 e. The number of anilines is 2. The SMILES string of the molecule is CC(C)(C)C(=O)c1cn(COCC[Si](C)(C)C)c2ncc(Nc3ccc(C=C(C#N)S(C)(=O)=O)cc3)nc12. The quantitative estimate of drug-likeness (QED) is 0.148. The third kappa shape index (κ3) is 7.60. The molecule has 3 aromatic rings. The lowest BCUT2D eigenvalue weighted by Gasteiger charge is -2.16. The Labute approximate surface area is 225 Å². The molecule has 9 nitrogen and oxygen atoms in total. The van der Waals surface area contributed by atoms with E-state index in [1.165, 1.54) is 6.08 Å². The molecule has 38 heavy (non-hydrogen) atoms. The predicted octanol–water partition coefficient (Wildman–Crippen LogP) is 5.63. The monoisotopic (exact) mass is 553 g/mol. The van der Waals surface area contributed by atoms with Gasteiger partial charge < -0.3 is 14.6 Å². The number of Topliss-reactive ketones (excluding diaryl/α,β-unsaturated/α-hetero) is 1. The Hall–Kier alpha value is -3.33. The molecule has 1 aromatic carbocycles. The second kappa shape index (κ2) is 11.2. The van der Waals surface area contributed by atoms with E-state index in [4.69, 9.17) is 15.0 Å². The van der Waals surface area contributed by atoms with Crippen molar-refractivity contribution in [1.82, 2.24) is 14.5 Å². The van der Waals surface area contributed by atoms with E-state index < -0.39 is 23.3 Å². The van der Waals surface area contributed by atoms with E-state index in [2.05, 4.69) is 29.9 Å². The van der Waals surface area contributed by atoms with Crippen LogP contribution in [0, 0.1) is 16.7 Å². The predicted molar refractivity (Wildman–Crippen MR) is 154 cm³/mol. The Kier molecular flexibility index (Phi) is 8.60. The summed E-state index contributed by atoms with van der Waals surface area (Å²) in [4.78, 5) is 22.2. The Morgan fingerprint density at radius 2 is 1.87 bits per heavy atom. The fourth-order valence-corrected chi connectivity index (χ4v) is 4.78. The van der Waals surface area contributed by atoms with E-state index in [9.17, 15) is 13.2 Å². The summed E-state index contributed by atoms with van der Waals surface area (Å²) in [7, 11) is -4.82. The van der Waals surface area contributed by atoms with Gasteiger partial charge in [0.05, 0.1) is 11.8 Å². The Morgan fingerprint density at radius 3 is 2.42 bits per heavy atom. The summed E-state index contributed by atoms with van der Waals surface area (Å²) in [5, 5.41) is 12.3. The summed E-state index contributed by atoms with van der Waals surface area (Å²) in [5.74, 6) is 0.417. The average Bonchev–Trinajstić information content (AvgIpc) is 3.16. The van der Waals surface area contributed by atoms with Crippen molar-refractivity contribution in [2.75, 3.05) is 18.2 Å². The molecule has 1 N–H and O–H groups in total. The smallest absolute Gasteiger partial charge is 0.185 e. The first kappa shape index (κ1) is 29.2. The van der Waals surface area contributed by atoms with E-state index in [1.54, 1.807) is 42.7 Å². The number of aromatic nitrogens is 3. The number of nitrogens with one attached hydrogen (secondary N) is 1. The van der Waals surface area contributed by atoms with Gasteiger partial charge in [0.25, 0.3) is 0 Å². The molecular formula is C27H35N5O4SSi. The average molecular weight is 554 g/mol. The normalized spacial score (nSPS) is 12.9. The van der Waals surface area contributed by atoms with Crippen LogP contribution in [-0.4, -0.2) is 49.7 Å². The van der Waals surface area contributed by atoms with Crippen LogP contribution in [0.15, 0.2) is 41.6 Å². The van der Waals surface area contributed by atoms with Crippen LogP contribution in [0.2, 0.25) is 25.7 Å². The summed E-state index contributed by atoms with van der Waals surface area (Å²) >= 11 is 0. The highest BCUT2D eigenvalue weighted by atomic mass is 32.2. The minimum Gasteiger partial charge on any atom is -0.361 e. The van der Waals surface area contributed by atoms with Gasteiger partial charge in [0.2, 0.25) is 0 Å². The number of hydrogen-bond donors (Lipinski definition) is 1. The summed E-state index contributed by atoms with van der Waals surface area (Å²) in [6.07, 6.45) is 5.69. The fourth-order valence-electron chi connectivity index (χ4n) is 3.51. The fraction of sp³-hybridized carbons (Fsp3) is 0.407. The second-order valence-corrected chi connectivity index (χ2v) is 19.1. The van der Waals surface area contributed by atoms with Crippen molar-refractivity contribution in [3.8, 4) is 6.07 Å². The molecule has 3 rings (SSSR count). The molecule has 0 atom stereocenters. The molecule has 0 saturated carbocycles. The van der Waals surface area contributed by atoms with Gasteiger partial charge in [-0.25, -0.2) is 18.4 Å². The number of fused-ring (bicyclic) bond motifs is 1. The van der Waals surface area contributed by atoms with Gasteiger partial charge in [0, 0.05) is 38.2 Å². The lowest BCUT2D eigenvalue weighted by Crippen LogP contribution is -2.22. The van der Waals surface area contributed by atoms with Crippen molar-refractivity contribution in [2.45, 2.75) is 53.2 Å². The molecule has 2 heterocycles. The van der Waals surface area contributed by atoms with Crippen LogP contribution < -0.4 is 5.32 Å². The number of carbonyl (C=O) groups excluding carboxylic acids is 1. The molecule has 202 valence electrons. The summed E-state index contributed by atoms with van der Waals surface area (Å²) in [5.41, 5.74) is 2.22. The number of allylic oxidation sites excluding steroid dienone is 1. The lowest BCUT2D eigenvalue weighted by molar-refractivity contribution is 0.0849. The highest BCUT2D eigenvalue weighted by molar-refractivity contribution is 7.95. The Bertz CT molecular complexity index is 1510. The first-order chi connectivity index (χ1) is 17.6. The standard InChI is InChI=1S/C27H35N5O4SSi/c1-27(2,3)25(33)22-17-32(18-36-12-13-38(5,6)7)26-24(22)31-23(16-29-26)30-20-10-8-19(9-11-20)14-21(15-28)37(4,34)35/h8-11,14,16-17H,12-13,18H2,1-7H3,(H,30,31). The minimum atomic E-state index is -3.60. The molecule has 0 amide bonds. The first-order valence-corrected chi connectivity index (χ1v) is 17.9. The van der Waals surface area contributed by atoms with Crippen molar-refractivity contribution in [3.05, 3.63) is 52.7 Å². The van der Waals surface area contributed by atoms with E-state index in [0.29, 0.717) is 40.4 Å². The van der Waals surface area contributed by atoms with E-state index in [1.807, 2.05) is 25.3 Å². The van der Waals surface area contributed by atoms with Crippen LogP contribution >= 0.6 is 0 Å². The highest BCUT2D eigenvalue weighted by Gasteiger charge is 2.28. The van der Waals surface area contributed by atoms with Gasteiger partial charge in [-0.3, -0.25) is 4.79 Å². The number of carbonyl (C=O) groups is 1. The van der Waals surface area contributed by atoms with Gasteiger partial charge >= 0.3 is 0 Å². The zero-order chi connectivity index (χ0) is 28.3. The molecule has 2 aromatic heterocycles. The van der Waals surface area contributed by atoms with Crippen LogP contribution in [0.3, 0.4) is 0 Å². The maximum absolute atomic E-state index is 13.2. The Balaban J connectivity index is 1.89. The molecule has 0 aliphatic carbocycles. The maximum Gasteiger partial charge on any atom is 0.185 e. The van der Waals surface area contributed by atoms with Crippen LogP contribution in [0.1, 0.15) is 36.7 Å². The van der Waals surface area contributed by atoms with Crippen molar-refractivity contribution in [1.29, 1.82) is 5.26 Å². The lowest BCUT2D eigenvalue weighted by atomic mass is 9.87. The molecule has 0 fully saturated rings. The Morgan fingerprint density at radius 1 is 1.21 bits per heavy atom. The number of benzene rings is 1. The number of ether oxygens (including phenoxy) is 1. The van der Waals surface area contributed by atoms with Crippen LogP contribution in [0.4, 0.5) is 11.5 Å². The molecule has 0 saturated heterocycles. The summed E-state index contributed by atoms with van der Waals surface area (Å²) in [6.45, 7) is 13.4. The molecule has 0 bridgehead atoms. The number of hydrogen-bond acceptors (Lipinski definition) is 8. The molecular weight excluding hydrogens is 518 g/mol.